The summed E-state index contributed by atoms with van der Waals surface area (Å²) in [4.78, 5) is 15.7. The van der Waals surface area contributed by atoms with E-state index in [4.69, 9.17) is 0 Å². The molecule has 0 radical (unpaired) electrons. The molecule has 0 atom stereocenters. The normalized spacial score (nSPS) is 17.7. The zero-order chi connectivity index (χ0) is 29.1. The molecule has 216 valence electrons. The predicted molar refractivity (Wildman–Crippen MR) is 154 cm³/mol. The van der Waals surface area contributed by atoms with Crippen molar-refractivity contribution < 1.29 is 21.6 Å². The fraction of sp³-hybridized carbons (Fsp3) is 0.367. The standard InChI is InChI=1S/C30H32F3N5O2S/c1-38(2)25-11-9-24(10-12-25)35-30-34-16-28-29(37-30)22(15-31)14-27(36-28)20-5-6-21(26(33)13-20)18-41(39,40)17-19-3-7-23(32)8-4-19/h3-8,13-14,16,24-25H,9-12,15,17-18H2,1-2H3,(H,34,35,37). The number of fused-ring (bicyclic) bond motifs is 1. The van der Waals surface area contributed by atoms with Crippen LogP contribution in [0.25, 0.3) is 22.3 Å². The van der Waals surface area contributed by atoms with Crippen LogP contribution < -0.4 is 5.32 Å². The molecule has 1 saturated carbocycles. The number of halogens is 3. The third-order valence-electron chi connectivity index (χ3n) is 7.55. The van der Waals surface area contributed by atoms with Gasteiger partial charge in [-0.25, -0.2) is 36.5 Å². The molecule has 0 unspecified atom stereocenters. The lowest BCUT2D eigenvalue weighted by Crippen LogP contribution is -2.36. The Morgan fingerprint density at radius 1 is 0.927 bits per heavy atom. The molecule has 0 spiro atoms. The SMILES string of the molecule is CN(C)C1CCC(Nc2ncc3nc(-c4ccc(CS(=O)(=O)Cc5ccc(F)cc5)c(F)c4)cc(CF)c3n2)CC1. The molecule has 1 aliphatic rings. The first-order valence-corrected chi connectivity index (χ1v) is 15.3. The highest BCUT2D eigenvalue weighted by atomic mass is 32.2. The van der Waals surface area contributed by atoms with Crippen LogP contribution in [0.5, 0.6) is 0 Å². The van der Waals surface area contributed by atoms with Crippen molar-refractivity contribution in [3.05, 3.63) is 83.1 Å². The lowest BCUT2D eigenvalue weighted by molar-refractivity contribution is 0.221. The average molecular weight is 584 g/mol. The minimum Gasteiger partial charge on any atom is -0.351 e. The van der Waals surface area contributed by atoms with E-state index in [1.165, 1.54) is 48.7 Å². The highest BCUT2D eigenvalue weighted by Gasteiger charge is 2.23. The van der Waals surface area contributed by atoms with Crippen molar-refractivity contribution in [2.24, 2.45) is 0 Å². The number of benzene rings is 2. The molecule has 0 amide bonds. The van der Waals surface area contributed by atoms with Gasteiger partial charge in [0.15, 0.2) is 9.84 Å². The molecule has 4 aromatic rings. The maximum atomic E-state index is 15.0. The molecule has 5 rings (SSSR count). The van der Waals surface area contributed by atoms with Crippen LogP contribution in [0.2, 0.25) is 0 Å². The lowest BCUT2D eigenvalue weighted by Gasteiger charge is -2.32. The summed E-state index contributed by atoms with van der Waals surface area (Å²) in [7, 11) is 0.472. The van der Waals surface area contributed by atoms with Crippen LogP contribution in [0.3, 0.4) is 0 Å². The molecule has 2 heterocycles. The van der Waals surface area contributed by atoms with Gasteiger partial charge < -0.3 is 10.2 Å². The highest BCUT2D eigenvalue weighted by molar-refractivity contribution is 7.89. The molecule has 0 saturated heterocycles. The summed E-state index contributed by atoms with van der Waals surface area (Å²) < 4.78 is 67.6. The summed E-state index contributed by atoms with van der Waals surface area (Å²) in [5.74, 6) is -1.61. The van der Waals surface area contributed by atoms with Gasteiger partial charge in [0.05, 0.1) is 23.4 Å². The van der Waals surface area contributed by atoms with Crippen molar-refractivity contribution in [2.75, 3.05) is 19.4 Å². The number of aromatic nitrogens is 3. The van der Waals surface area contributed by atoms with Crippen molar-refractivity contribution >= 4 is 26.8 Å². The summed E-state index contributed by atoms with van der Waals surface area (Å²) in [6.07, 6.45) is 5.67. The van der Waals surface area contributed by atoms with Gasteiger partial charge in [0.1, 0.15) is 29.3 Å². The number of sulfone groups is 1. The zero-order valence-electron chi connectivity index (χ0n) is 22.9. The molecular formula is C30H32F3N5O2S. The monoisotopic (exact) mass is 583 g/mol. The number of nitrogens with zero attached hydrogens (tertiary/aromatic N) is 4. The lowest BCUT2D eigenvalue weighted by atomic mass is 9.91. The second-order valence-electron chi connectivity index (χ2n) is 10.8. The van der Waals surface area contributed by atoms with Gasteiger partial charge in [0, 0.05) is 28.8 Å². The second kappa shape index (κ2) is 12.1. The van der Waals surface area contributed by atoms with Gasteiger partial charge in [0.25, 0.3) is 0 Å². The third kappa shape index (κ3) is 7.02. The van der Waals surface area contributed by atoms with Crippen molar-refractivity contribution in [1.82, 2.24) is 19.9 Å². The van der Waals surface area contributed by atoms with E-state index in [0.717, 1.165) is 25.7 Å². The summed E-state index contributed by atoms with van der Waals surface area (Å²) >= 11 is 0. The van der Waals surface area contributed by atoms with Gasteiger partial charge >= 0.3 is 0 Å². The highest BCUT2D eigenvalue weighted by Crippen LogP contribution is 2.28. The van der Waals surface area contributed by atoms with Crippen LogP contribution in [0.1, 0.15) is 42.4 Å². The fourth-order valence-corrected chi connectivity index (χ4v) is 6.78. The van der Waals surface area contributed by atoms with E-state index in [-0.39, 0.29) is 17.4 Å². The molecule has 0 aliphatic heterocycles. The number of nitrogens with one attached hydrogen (secondary N) is 1. The maximum Gasteiger partial charge on any atom is 0.223 e. The van der Waals surface area contributed by atoms with Gasteiger partial charge in [-0.05, 0) is 69.6 Å². The second-order valence-corrected chi connectivity index (χ2v) is 12.9. The van der Waals surface area contributed by atoms with E-state index in [0.29, 0.717) is 45.4 Å². The van der Waals surface area contributed by atoms with E-state index in [9.17, 15) is 17.2 Å². The van der Waals surface area contributed by atoms with Crippen LogP contribution in [-0.4, -0.2) is 54.4 Å². The summed E-state index contributed by atoms with van der Waals surface area (Å²) in [5.41, 5.74) is 2.19. The topological polar surface area (TPSA) is 88.1 Å². The van der Waals surface area contributed by atoms with Gasteiger partial charge in [-0.15, -0.1) is 0 Å². The molecule has 1 fully saturated rings. The van der Waals surface area contributed by atoms with Crippen molar-refractivity contribution in [3.8, 4) is 11.3 Å². The Labute approximate surface area is 237 Å². The van der Waals surface area contributed by atoms with E-state index in [1.807, 2.05) is 0 Å². The van der Waals surface area contributed by atoms with Crippen molar-refractivity contribution in [2.45, 2.75) is 55.9 Å². The molecule has 11 heteroatoms. The molecule has 7 nitrogen and oxygen atoms in total. The van der Waals surface area contributed by atoms with Gasteiger partial charge in [-0.3, -0.25) is 0 Å². The molecule has 1 aliphatic carbocycles. The Kier molecular flexibility index (Phi) is 8.55. The van der Waals surface area contributed by atoms with Gasteiger partial charge in [-0.1, -0.05) is 24.3 Å². The van der Waals surface area contributed by atoms with Crippen LogP contribution in [0.15, 0.2) is 54.7 Å². The number of rotatable bonds is 9. The molecule has 1 N–H and O–H groups in total. The number of hydrogen-bond donors (Lipinski definition) is 1. The summed E-state index contributed by atoms with van der Waals surface area (Å²) in [5, 5.41) is 3.37. The molecule has 2 aromatic carbocycles. The number of hydrogen-bond acceptors (Lipinski definition) is 7. The molecule has 41 heavy (non-hydrogen) atoms. The summed E-state index contributed by atoms with van der Waals surface area (Å²) in [6, 6.07) is 11.6. The first-order chi connectivity index (χ1) is 19.6. The number of anilines is 1. The Hall–Kier alpha value is -3.57. The predicted octanol–water partition coefficient (Wildman–Crippen LogP) is 5.84. The Balaban J connectivity index is 1.33. The Morgan fingerprint density at radius 2 is 1.66 bits per heavy atom. The average Bonchev–Trinajstić information content (AvgIpc) is 2.95. The third-order valence-corrected chi connectivity index (χ3v) is 9.08. The van der Waals surface area contributed by atoms with Crippen molar-refractivity contribution in [3.63, 3.8) is 0 Å². The first-order valence-electron chi connectivity index (χ1n) is 13.5. The van der Waals surface area contributed by atoms with E-state index < -0.39 is 33.9 Å². The molecule has 0 bridgehead atoms. The van der Waals surface area contributed by atoms with E-state index >= 15 is 4.39 Å². The maximum absolute atomic E-state index is 15.0. The van der Waals surface area contributed by atoms with Crippen LogP contribution >= 0.6 is 0 Å². The smallest absolute Gasteiger partial charge is 0.223 e. The van der Waals surface area contributed by atoms with Crippen LogP contribution in [-0.2, 0) is 28.0 Å². The fourth-order valence-electron chi connectivity index (χ4n) is 5.27. The van der Waals surface area contributed by atoms with Gasteiger partial charge in [-0.2, -0.15) is 0 Å². The summed E-state index contributed by atoms with van der Waals surface area (Å²) in [6.45, 7) is -0.793. The minimum atomic E-state index is -3.71. The zero-order valence-corrected chi connectivity index (χ0v) is 23.8. The Morgan fingerprint density at radius 3 is 2.32 bits per heavy atom. The van der Waals surface area contributed by atoms with E-state index in [1.54, 1.807) is 6.07 Å². The van der Waals surface area contributed by atoms with E-state index in [2.05, 4.69) is 39.3 Å². The molecule has 2 aromatic heterocycles. The minimum absolute atomic E-state index is 0.000954. The first kappa shape index (κ1) is 28.9. The van der Waals surface area contributed by atoms with Crippen molar-refractivity contribution in [1.29, 1.82) is 0 Å². The number of pyridine rings is 1. The largest absolute Gasteiger partial charge is 0.351 e. The van der Waals surface area contributed by atoms with Crippen LogP contribution in [0.4, 0.5) is 19.1 Å². The quantitative estimate of drug-likeness (QED) is 0.265. The molecular weight excluding hydrogens is 551 g/mol. The number of alkyl halides is 1. The van der Waals surface area contributed by atoms with Gasteiger partial charge in [0.2, 0.25) is 5.95 Å². The van der Waals surface area contributed by atoms with Crippen LogP contribution in [0, 0.1) is 11.6 Å². The Bertz CT molecular complexity index is 1640.